The average Bonchev–Trinajstić information content (AvgIpc) is 2.99. The van der Waals surface area contributed by atoms with Gasteiger partial charge in [0.1, 0.15) is 11.5 Å². The van der Waals surface area contributed by atoms with Gasteiger partial charge < -0.3 is 20.1 Å². The molecule has 31 heavy (non-hydrogen) atoms. The third kappa shape index (κ3) is 6.68. The Morgan fingerprint density at radius 1 is 1.06 bits per heavy atom. The number of esters is 2. The zero-order valence-electron chi connectivity index (χ0n) is 17.0. The summed E-state index contributed by atoms with van der Waals surface area (Å²) in [6.07, 6.45) is 0. The number of hydrogen-bond donors (Lipinski definition) is 2. The number of amides is 2. The number of benzene rings is 1. The minimum Gasteiger partial charge on any atom is -0.462 e. The second kappa shape index (κ2) is 11.1. The number of ether oxygens (including phenoxy) is 2. The van der Waals surface area contributed by atoms with Crippen LogP contribution in [0.2, 0.25) is 10.0 Å². The summed E-state index contributed by atoms with van der Waals surface area (Å²) >= 11 is 12.9. The van der Waals surface area contributed by atoms with Gasteiger partial charge in [-0.2, -0.15) is 0 Å². The molecule has 1 aromatic heterocycles. The van der Waals surface area contributed by atoms with Gasteiger partial charge in [-0.1, -0.05) is 23.2 Å². The zero-order valence-corrected chi connectivity index (χ0v) is 19.3. The highest BCUT2D eigenvalue weighted by atomic mass is 35.5. The van der Waals surface area contributed by atoms with E-state index in [1.54, 1.807) is 13.8 Å². The quantitative estimate of drug-likeness (QED) is 0.549. The molecular formula is C20H20Cl2N2O6S. The van der Waals surface area contributed by atoms with Gasteiger partial charge in [-0.25, -0.2) is 4.79 Å². The van der Waals surface area contributed by atoms with Crippen LogP contribution in [0, 0.1) is 13.8 Å². The predicted octanol–water partition coefficient (Wildman–Crippen LogP) is 3.76. The summed E-state index contributed by atoms with van der Waals surface area (Å²) in [5.74, 6) is -2.53. The number of carbonyl (C=O) groups is 4. The second-order valence-corrected chi connectivity index (χ2v) is 8.27. The Labute approximate surface area is 192 Å². The molecule has 1 heterocycles. The lowest BCUT2D eigenvalue weighted by molar-refractivity contribution is -0.146. The lowest BCUT2D eigenvalue weighted by Crippen LogP contribution is -2.32. The van der Waals surface area contributed by atoms with Crippen LogP contribution < -0.4 is 10.6 Å². The van der Waals surface area contributed by atoms with Crippen molar-refractivity contribution in [3.8, 4) is 0 Å². The second-order valence-electron chi connectivity index (χ2n) is 6.23. The van der Waals surface area contributed by atoms with E-state index >= 15 is 0 Å². The van der Waals surface area contributed by atoms with Gasteiger partial charge in [-0.3, -0.25) is 14.4 Å². The Morgan fingerprint density at radius 2 is 1.77 bits per heavy atom. The fourth-order valence-electron chi connectivity index (χ4n) is 2.42. The van der Waals surface area contributed by atoms with Crippen molar-refractivity contribution in [3.63, 3.8) is 0 Å². The van der Waals surface area contributed by atoms with E-state index in [-0.39, 0.29) is 22.8 Å². The average molecular weight is 487 g/mol. The van der Waals surface area contributed by atoms with Crippen molar-refractivity contribution in [3.05, 3.63) is 49.8 Å². The van der Waals surface area contributed by atoms with E-state index in [9.17, 15) is 19.2 Å². The van der Waals surface area contributed by atoms with Gasteiger partial charge in [0.2, 0.25) is 0 Å². The highest BCUT2D eigenvalue weighted by Crippen LogP contribution is 2.33. The summed E-state index contributed by atoms with van der Waals surface area (Å²) in [6.45, 7) is 4.42. The number of aryl methyl sites for hydroxylation is 1. The van der Waals surface area contributed by atoms with Gasteiger partial charge in [0.05, 0.1) is 22.2 Å². The molecule has 0 saturated carbocycles. The normalized spacial score (nSPS) is 10.4. The molecule has 2 N–H and O–H groups in total. The van der Waals surface area contributed by atoms with E-state index in [0.717, 1.165) is 4.88 Å². The van der Waals surface area contributed by atoms with E-state index in [0.29, 0.717) is 15.6 Å². The van der Waals surface area contributed by atoms with E-state index in [1.807, 2.05) is 6.92 Å². The van der Waals surface area contributed by atoms with Crippen molar-refractivity contribution < 1.29 is 28.7 Å². The number of thiophene rings is 1. The summed E-state index contributed by atoms with van der Waals surface area (Å²) < 4.78 is 9.89. The third-order valence-corrected chi connectivity index (χ3v) is 5.92. The molecular weight excluding hydrogens is 467 g/mol. The molecule has 166 valence electrons. The van der Waals surface area contributed by atoms with Crippen molar-refractivity contribution >= 4 is 63.3 Å². The van der Waals surface area contributed by atoms with Crippen molar-refractivity contribution in [2.45, 2.75) is 20.8 Å². The third-order valence-electron chi connectivity index (χ3n) is 4.06. The van der Waals surface area contributed by atoms with Crippen LogP contribution in [0.15, 0.2) is 18.2 Å². The van der Waals surface area contributed by atoms with Gasteiger partial charge in [0.15, 0.2) is 6.61 Å². The highest BCUT2D eigenvalue weighted by molar-refractivity contribution is 7.16. The molecule has 8 nitrogen and oxygen atoms in total. The van der Waals surface area contributed by atoms with Gasteiger partial charge >= 0.3 is 11.9 Å². The number of hydrogen-bond acceptors (Lipinski definition) is 7. The molecule has 2 rings (SSSR count). The summed E-state index contributed by atoms with van der Waals surface area (Å²) in [6, 6.07) is 4.28. The van der Waals surface area contributed by atoms with Crippen LogP contribution in [0.5, 0.6) is 0 Å². The number of anilines is 1. The van der Waals surface area contributed by atoms with E-state index in [1.165, 1.54) is 29.5 Å². The Balaban J connectivity index is 1.87. The van der Waals surface area contributed by atoms with Gasteiger partial charge in [0.25, 0.3) is 11.8 Å². The van der Waals surface area contributed by atoms with Crippen LogP contribution in [0.1, 0.15) is 38.1 Å². The van der Waals surface area contributed by atoms with E-state index < -0.39 is 36.9 Å². The van der Waals surface area contributed by atoms with Gasteiger partial charge in [-0.15, -0.1) is 11.3 Å². The summed E-state index contributed by atoms with van der Waals surface area (Å²) in [4.78, 5) is 49.0. The molecule has 2 aromatic rings. The van der Waals surface area contributed by atoms with Gasteiger partial charge in [0, 0.05) is 10.4 Å². The first-order valence-corrected chi connectivity index (χ1v) is 10.7. The Hall–Kier alpha value is -2.62. The molecule has 11 heteroatoms. The van der Waals surface area contributed by atoms with Crippen molar-refractivity contribution in [1.29, 1.82) is 0 Å². The molecule has 0 fully saturated rings. The van der Waals surface area contributed by atoms with Crippen LogP contribution in [0.4, 0.5) is 5.00 Å². The lowest BCUT2D eigenvalue weighted by atomic mass is 10.1. The standard InChI is InChI=1S/C20H20Cl2N2O6S/c1-4-29-20(28)17-10(2)11(3)31-19(17)24-15(25)9-30-16(26)8-23-18(27)12-5-6-13(21)14(22)7-12/h5-7H,4,8-9H2,1-3H3,(H,23,27)(H,24,25). The van der Waals surface area contributed by atoms with Crippen LogP contribution in [0.3, 0.4) is 0 Å². The SMILES string of the molecule is CCOC(=O)c1c(NC(=O)COC(=O)CNC(=O)c2ccc(Cl)c(Cl)c2)sc(C)c1C. The fraction of sp³-hybridized carbons (Fsp3) is 0.300. The van der Waals surface area contributed by atoms with E-state index in [4.69, 9.17) is 32.7 Å². The molecule has 0 bridgehead atoms. The summed E-state index contributed by atoms with van der Waals surface area (Å²) in [5, 5.41) is 5.74. The number of carbonyl (C=O) groups excluding carboxylic acids is 4. The summed E-state index contributed by atoms with van der Waals surface area (Å²) in [7, 11) is 0. The van der Waals surface area contributed by atoms with Crippen molar-refractivity contribution in [2.24, 2.45) is 0 Å². The smallest absolute Gasteiger partial charge is 0.341 e. The molecule has 1 aromatic carbocycles. The minimum absolute atomic E-state index is 0.201. The van der Waals surface area contributed by atoms with Crippen LogP contribution >= 0.6 is 34.5 Å². The maximum Gasteiger partial charge on any atom is 0.341 e. The first-order chi connectivity index (χ1) is 14.6. The number of rotatable bonds is 8. The zero-order chi connectivity index (χ0) is 23.1. The molecule has 2 amide bonds. The molecule has 0 spiro atoms. The Bertz CT molecular complexity index is 1020. The molecule has 0 aliphatic carbocycles. The topological polar surface area (TPSA) is 111 Å². The molecule has 0 radical (unpaired) electrons. The fourth-order valence-corrected chi connectivity index (χ4v) is 3.78. The monoisotopic (exact) mass is 486 g/mol. The maximum atomic E-state index is 12.2. The van der Waals surface area contributed by atoms with Crippen molar-refractivity contribution in [2.75, 3.05) is 25.1 Å². The number of halogens is 2. The molecule has 0 aliphatic rings. The lowest BCUT2D eigenvalue weighted by Gasteiger charge is -2.09. The largest absolute Gasteiger partial charge is 0.462 e. The van der Waals surface area contributed by atoms with Gasteiger partial charge in [-0.05, 0) is 44.5 Å². The first-order valence-electron chi connectivity index (χ1n) is 9.09. The van der Waals surface area contributed by atoms with E-state index in [2.05, 4.69) is 10.6 Å². The molecule has 0 unspecified atom stereocenters. The Morgan fingerprint density at radius 3 is 2.42 bits per heavy atom. The van der Waals surface area contributed by atoms with Crippen LogP contribution in [-0.2, 0) is 19.1 Å². The Kier molecular flexibility index (Phi) is 8.85. The first kappa shape index (κ1) is 24.6. The van der Waals surface area contributed by atoms with Crippen LogP contribution in [0.25, 0.3) is 0 Å². The van der Waals surface area contributed by atoms with Crippen molar-refractivity contribution in [1.82, 2.24) is 5.32 Å². The minimum atomic E-state index is -0.812. The maximum absolute atomic E-state index is 12.2. The predicted molar refractivity (Wildman–Crippen MR) is 118 cm³/mol. The molecule has 0 aliphatic heterocycles. The van der Waals surface area contributed by atoms with Crippen LogP contribution in [-0.4, -0.2) is 43.5 Å². The summed E-state index contributed by atoms with van der Waals surface area (Å²) in [5.41, 5.74) is 1.20. The molecule has 0 saturated heterocycles. The molecule has 0 atom stereocenters. The highest BCUT2D eigenvalue weighted by Gasteiger charge is 2.22. The number of nitrogens with one attached hydrogen (secondary N) is 2.